The first-order valence-corrected chi connectivity index (χ1v) is 10.6. The highest BCUT2D eigenvalue weighted by Crippen LogP contribution is 2.28. The summed E-state index contributed by atoms with van der Waals surface area (Å²) in [4.78, 5) is 31.3. The molecule has 4 rings (SSSR count). The number of H-pyrrole nitrogens is 1. The first kappa shape index (κ1) is 21.4. The maximum absolute atomic E-state index is 13.6. The van der Waals surface area contributed by atoms with E-state index in [2.05, 4.69) is 9.88 Å². The molecule has 0 radical (unpaired) electrons. The molecule has 8 heteroatoms. The van der Waals surface area contributed by atoms with Crippen LogP contribution in [0.1, 0.15) is 46.1 Å². The molecule has 29 heavy (non-hydrogen) atoms. The fraction of sp³-hybridized carbons (Fsp3) is 0.619. The van der Waals surface area contributed by atoms with E-state index in [4.69, 9.17) is 4.74 Å². The fourth-order valence-corrected chi connectivity index (χ4v) is 4.39. The van der Waals surface area contributed by atoms with Crippen molar-refractivity contribution in [2.45, 2.75) is 52.1 Å². The van der Waals surface area contributed by atoms with Crippen molar-refractivity contribution in [1.29, 1.82) is 0 Å². The molecule has 0 spiro atoms. The van der Waals surface area contributed by atoms with E-state index in [0.717, 1.165) is 38.9 Å². The molecule has 1 atom stereocenters. The second kappa shape index (κ2) is 9.43. The van der Waals surface area contributed by atoms with Crippen LogP contribution >= 0.6 is 0 Å². The van der Waals surface area contributed by atoms with Crippen molar-refractivity contribution < 1.29 is 13.9 Å². The summed E-state index contributed by atoms with van der Waals surface area (Å²) in [6.45, 7) is 9.35. The number of hydrogen-bond acceptors (Lipinski definition) is 4. The Bertz CT molecular complexity index is 886. The van der Waals surface area contributed by atoms with Crippen LogP contribution in [-0.4, -0.2) is 64.3 Å². The normalized spacial score (nSPS) is 20.6. The summed E-state index contributed by atoms with van der Waals surface area (Å²) in [5.41, 5.74) is 1.13. The van der Waals surface area contributed by atoms with Crippen LogP contribution in [0.2, 0.25) is 0 Å². The zero-order chi connectivity index (χ0) is 21.0. The second-order valence-corrected chi connectivity index (χ2v) is 7.32. The Kier molecular flexibility index (Phi) is 6.95. The van der Waals surface area contributed by atoms with Gasteiger partial charge in [0, 0.05) is 38.3 Å². The molecule has 1 amide bonds. The number of nitrogens with one attached hydrogen (secondary N) is 1. The van der Waals surface area contributed by atoms with Crippen molar-refractivity contribution in [1.82, 2.24) is 19.4 Å². The average molecular weight is 407 g/mol. The molecule has 2 fully saturated rings. The van der Waals surface area contributed by atoms with E-state index in [-0.39, 0.29) is 23.6 Å². The number of carbonyl (C=O) groups is 1. The predicted molar refractivity (Wildman–Crippen MR) is 111 cm³/mol. The largest absolute Gasteiger partial charge is 0.450 e. The van der Waals surface area contributed by atoms with Crippen LogP contribution in [0.15, 0.2) is 23.0 Å². The van der Waals surface area contributed by atoms with Crippen molar-refractivity contribution in [2.75, 3.05) is 32.8 Å². The van der Waals surface area contributed by atoms with Crippen molar-refractivity contribution in [3.05, 3.63) is 34.5 Å². The van der Waals surface area contributed by atoms with E-state index < -0.39 is 0 Å². The number of amides is 1. The van der Waals surface area contributed by atoms with Gasteiger partial charge in [-0.3, -0.25) is 9.47 Å². The van der Waals surface area contributed by atoms with Gasteiger partial charge in [0.15, 0.2) is 0 Å². The SMILES string of the molecule is CC.CCOC(=O)N1CCC(N2CCC(n3c(=O)[nH]c4ccc(F)cc43)CC2)C1. The molecular weight excluding hydrogens is 375 g/mol. The molecule has 2 aliphatic heterocycles. The number of ether oxygens (including phenoxy) is 1. The molecule has 0 aliphatic carbocycles. The van der Waals surface area contributed by atoms with Crippen LogP contribution in [0.25, 0.3) is 11.0 Å². The van der Waals surface area contributed by atoms with Gasteiger partial charge in [0.05, 0.1) is 17.6 Å². The first-order valence-electron chi connectivity index (χ1n) is 10.6. The molecule has 160 valence electrons. The Morgan fingerprint density at radius 1 is 1.17 bits per heavy atom. The summed E-state index contributed by atoms with van der Waals surface area (Å²) in [7, 11) is 0. The highest BCUT2D eigenvalue weighted by molar-refractivity contribution is 5.75. The molecule has 1 aromatic carbocycles. The molecule has 0 saturated carbocycles. The van der Waals surface area contributed by atoms with Gasteiger partial charge in [-0.25, -0.2) is 14.0 Å². The summed E-state index contributed by atoms with van der Waals surface area (Å²) in [5, 5.41) is 0. The molecule has 2 saturated heterocycles. The average Bonchev–Trinajstić information content (AvgIpc) is 3.34. The van der Waals surface area contributed by atoms with Gasteiger partial charge >= 0.3 is 11.8 Å². The number of fused-ring (bicyclic) bond motifs is 1. The standard InChI is InChI=1S/C19H25FN4O3.C2H6/c1-2-27-19(26)23-10-7-15(12-23)22-8-5-14(6-9-22)24-17-11-13(20)3-4-16(17)21-18(24)25;1-2/h3-4,11,14-15H,2,5-10,12H2,1H3,(H,21,25);1-2H3. The summed E-state index contributed by atoms with van der Waals surface area (Å²) in [6, 6.07) is 4.80. The number of imidazole rings is 1. The minimum Gasteiger partial charge on any atom is -0.450 e. The van der Waals surface area contributed by atoms with Crippen LogP contribution in [-0.2, 0) is 4.74 Å². The van der Waals surface area contributed by atoms with E-state index in [0.29, 0.717) is 30.2 Å². The van der Waals surface area contributed by atoms with Gasteiger partial charge < -0.3 is 14.6 Å². The molecule has 1 aromatic heterocycles. The summed E-state index contributed by atoms with van der Waals surface area (Å²) < 4.78 is 20.4. The van der Waals surface area contributed by atoms with Crippen LogP contribution < -0.4 is 5.69 Å². The van der Waals surface area contributed by atoms with Gasteiger partial charge in [0.2, 0.25) is 0 Å². The van der Waals surface area contributed by atoms with Crippen molar-refractivity contribution in [3.8, 4) is 0 Å². The molecule has 0 bridgehead atoms. The Balaban J connectivity index is 0.00000117. The zero-order valence-electron chi connectivity index (χ0n) is 17.5. The fourth-order valence-electron chi connectivity index (χ4n) is 4.39. The number of carbonyl (C=O) groups excluding carboxylic acids is 1. The third-order valence-electron chi connectivity index (χ3n) is 5.75. The third-order valence-corrected chi connectivity index (χ3v) is 5.75. The lowest BCUT2D eigenvalue weighted by molar-refractivity contribution is 0.105. The molecule has 3 heterocycles. The number of nitrogens with zero attached hydrogens (tertiary/aromatic N) is 3. The van der Waals surface area contributed by atoms with E-state index in [1.165, 1.54) is 12.1 Å². The van der Waals surface area contributed by atoms with E-state index >= 15 is 0 Å². The minimum atomic E-state index is -0.335. The lowest BCUT2D eigenvalue weighted by Crippen LogP contribution is -2.44. The van der Waals surface area contributed by atoms with Crippen LogP contribution in [0.4, 0.5) is 9.18 Å². The van der Waals surface area contributed by atoms with Crippen LogP contribution in [0, 0.1) is 5.82 Å². The maximum atomic E-state index is 13.6. The number of hydrogen-bond donors (Lipinski definition) is 1. The Labute approximate surface area is 170 Å². The van der Waals surface area contributed by atoms with Crippen LogP contribution in [0.3, 0.4) is 0 Å². The molecule has 2 aromatic rings. The van der Waals surface area contributed by atoms with Gasteiger partial charge in [-0.15, -0.1) is 0 Å². The van der Waals surface area contributed by atoms with Gasteiger partial charge in [-0.1, -0.05) is 13.8 Å². The molecule has 1 N–H and O–H groups in total. The smallest absolute Gasteiger partial charge is 0.409 e. The highest BCUT2D eigenvalue weighted by Gasteiger charge is 2.33. The number of piperidine rings is 1. The molecule has 7 nitrogen and oxygen atoms in total. The summed E-state index contributed by atoms with van der Waals surface area (Å²) >= 11 is 0. The van der Waals surface area contributed by atoms with Crippen molar-refractivity contribution in [2.24, 2.45) is 0 Å². The van der Waals surface area contributed by atoms with Gasteiger partial charge in [0.25, 0.3) is 0 Å². The summed E-state index contributed by atoms with van der Waals surface area (Å²) in [6.07, 6.45) is 2.38. The minimum absolute atomic E-state index is 0.0619. The Morgan fingerprint density at radius 2 is 1.86 bits per heavy atom. The lowest BCUT2D eigenvalue weighted by atomic mass is 10.0. The first-order chi connectivity index (χ1) is 14.1. The van der Waals surface area contributed by atoms with Crippen molar-refractivity contribution in [3.63, 3.8) is 0 Å². The van der Waals surface area contributed by atoms with Gasteiger partial charge in [-0.2, -0.15) is 0 Å². The number of likely N-dealkylation sites (tertiary alicyclic amines) is 2. The van der Waals surface area contributed by atoms with Gasteiger partial charge in [-0.05, 0) is 44.4 Å². The number of halogens is 1. The van der Waals surface area contributed by atoms with Crippen molar-refractivity contribution >= 4 is 17.1 Å². The topological polar surface area (TPSA) is 70.6 Å². The Hall–Kier alpha value is -2.35. The number of aromatic nitrogens is 2. The summed E-state index contributed by atoms with van der Waals surface area (Å²) in [5.74, 6) is -0.335. The third kappa shape index (κ3) is 4.47. The molecule has 2 aliphatic rings. The van der Waals surface area contributed by atoms with E-state index in [1.807, 2.05) is 20.8 Å². The number of rotatable bonds is 3. The number of aromatic amines is 1. The highest BCUT2D eigenvalue weighted by atomic mass is 19.1. The zero-order valence-corrected chi connectivity index (χ0v) is 17.5. The molecule has 1 unspecified atom stereocenters. The second-order valence-electron chi connectivity index (χ2n) is 7.32. The monoisotopic (exact) mass is 406 g/mol. The van der Waals surface area contributed by atoms with Crippen LogP contribution in [0.5, 0.6) is 0 Å². The van der Waals surface area contributed by atoms with E-state index in [9.17, 15) is 14.0 Å². The maximum Gasteiger partial charge on any atom is 0.409 e. The van der Waals surface area contributed by atoms with Gasteiger partial charge in [0.1, 0.15) is 5.82 Å². The van der Waals surface area contributed by atoms with E-state index in [1.54, 1.807) is 15.5 Å². The lowest BCUT2D eigenvalue weighted by Gasteiger charge is -2.36. The predicted octanol–water partition coefficient (Wildman–Crippen LogP) is 3.36. The number of benzene rings is 1. The quantitative estimate of drug-likeness (QED) is 0.849. The molecular formula is C21H31FN4O3. The Morgan fingerprint density at radius 3 is 2.55 bits per heavy atom.